The Kier molecular flexibility index (Phi) is 4.02. The highest BCUT2D eigenvalue weighted by Crippen LogP contribution is 2.10. The van der Waals surface area contributed by atoms with Gasteiger partial charge in [-0.1, -0.05) is 23.5 Å². The predicted octanol–water partition coefficient (Wildman–Crippen LogP) is 2.13. The lowest BCUT2D eigenvalue weighted by Gasteiger charge is -2.04. The Morgan fingerprint density at radius 1 is 1.18 bits per heavy atom. The first kappa shape index (κ1) is 12.4. The van der Waals surface area contributed by atoms with Crippen molar-refractivity contribution in [1.82, 2.24) is 4.57 Å². The summed E-state index contributed by atoms with van der Waals surface area (Å²) in [4.78, 5) is 23.7. The van der Waals surface area contributed by atoms with Crippen molar-refractivity contribution in [2.75, 3.05) is 5.75 Å². The van der Waals surface area contributed by atoms with E-state index in [1.165, 1.54) is 4.57 Å². The number of hydrogen-bond donors (Lipinski definition) is 1. The minimum atomic E-state index is -0.177. The van der Waals surface area contributed by atoms with Gasteiger partial charge in [-0.15, -0.1) is 0 Å². The first-order valence-corrected chi connectivity index (χ1v) is 6.92. The maximum Gasteiger partial charge on any atom is 0.310 e. The molecule has 0 amide bonds. The fourth-order valence-electron chi connectivity index (χ4n) is 1.68. The zero-order chi connectivity index (χ0) is 12.3. The van der Waals surface area contributed by atoms with Crippen LogP contribution in [-0.2, 0) is 6.54 Å². The maximum absolute atomic E-state index is 12.1. The first-order chi connectivity index (χ1) is 8.24. The van der Waals surface area contributed by atoms with Gasteiger partial charge in [-0.3, -0.25) is 14.2 Å². The quantitative estimate of drug-likeness (QED) is 0.681. The molecule has 2 rings (SSSR count). The largest absolute Gasteiger partial charge is 0.310 e. The van der Waals surface area contributed by atoms with Gasteiger partial charge in [0.15, 0.2) is 0 Å². The van der Waals surface area contributed by atoms with Crippen molar-refractivity contribution in [3.8, 4) is 0 Å². The van der Waals surface area contributed by atoms with Gasteiger partial charge >= 0.3 is 4.87 Å². The molecular weight excluding hydrogens is 254 g/mol. The Labute approximate surface area is 108 Å². The predicted molar refractivity (Wildman–Crippen MR) is 75.4 cm³/mol. The molecule has 0 unspecified atom stereocenters. The monoisotopic (exact) mass is 267 g/mol. The molecule has 2 aromatic rings. The first-order valence-electron chi connectivity index (χ1n) is 5.47. The van der Waals surface area contributed by atoms with E-state index in [-0.39, 0.29) is 10.4 Å². The molecule has 0 radical (unpaired) electrons. The smallest absolute Gasteiger partial charge is 0.269 e. The molecule has 3 nitrogen and oxygen atoms in total. The van der Waals surface area contributed by atoms with E-state index in [0.717, 1.165) is 34.6 Å². The number of unbranched alkanes of at least 4 members (excludes halogenated alkanes) is 1. The standard InChI is InChI=1S/C12H13NO2S2/c14-11-9-5-1-2-6-10(9)17-12(15)13(11)7-3-4-8-16/h1-2,5-6,16H,3-4,7-8H2. The highest BCUT2D eigenvalue weighted by Gasteiger charge is 2.06. The van der Waals surface area contributed by atoms with Crippen molar-refractivity contribution in [3.05, 3.63) is 44.3 Å². The number of nitrogens with zero attached hydrogens (tertiary/aromatic N) is 1. The third-order valence-corrected chi connectivity index (χ3v) is 3.86. The molecule has 0 saturated heterocycles. The number of thiol groups is 1. The van der Waals surface area contributed by atoms with Crippen LogP contribution in [0.4, 0.5) is 0 Å². The number of aromatic nitrogens is 1. The average molecular weight is 267 g/mol. The van der Waals surface area contributed by atoms with E-state index in [2.05, 4.69) is 12.6 Å². The van der Waals surface area contributed by atoms with Gasteiger partial charge in [0.1, 0.15) is 0 Å². The minimum absolute atomic E-state index is 0.173. The third-order valence-electron chi connectivity index (χ3n) is 2.57. The molecule has 1 heterocycles. The Balaban J connectivity index is 2.49. The van der Waals surface area contributed by atoms with Gasteiger partial charge in [-0.2, -0.15) is 12.6 Å². The van der Waals surface area contributed by atoms with Gasteiger partial charge in [0.25, 0.3) is 5.56 Å². The number of benzene rings is 1. The summed E-state index contributed by atoms with van der Waals surface area (Å²) in [6.07, 6.45) is 1.72. The fraction of sp³-hybridized carbons (Fsp3) is 0.333. The van der Waals surface area contributed by atoms with Crippen molar-refractivity contribution in [1.29, 1.82) is 0 Å². The summed E-state index contributed by atoms with van der Waals surface area (Å²) in [5.41, 5.74) is -0.177. The van der Waals surface area contributed by atoms with E-state index in [1.807, 2.05) is 12.1 Å². The van der Waals surface area contributed by atoms with Crippen molar-refractivity contribution in [2.45, 2.75) is 19.4 Å². The molecule has 0 bridgehead atoms. The van der Waals surface area contributed by atoms with Gasteiger partial charge in [-0.05, 0) is 30.7 Å². The molecule has 5 heteroatoms. The van der Waals surface area contributed by atoms with Crippen LogP contribution in [-0.4, -0.2) is 10.3 Å². The second-order valence-electron chi connectivity index (χ2n) is 3.75. The van der Waals surface area contributed by atoms with E-state index in [0.29, 0.717) is 11.9 Å². The lowest BCUT2D eigenvalue weighted by atomic mass is 10.3. The van der Waals surface area contributed by atoms with Crippen molar-refractivity contribution >= 4 is 34.1 Å². The Hall–Kier alpha value is -1.07. The number of hydrogen-bond acceptors (Lipinski definition) is 4. The Bertz CT molecular complexity index is 630. The molecule has 0 aliphatic rings. The lowest BCUT2D eigenvalue weighted by Crippen LogP contribution is -2.31. The highest BCUT2D eigenvalue weighted by molar-refractivity contribution is 7.80. The van der Waals surface area contributed by atoms with Crippen LogP contribution in [0.15, 0.2) is 33.9 Å². The topological polar surface area (TPSA) is 39.1 Å². The summed E-state index contributed by atoms with van der Waals surface area (Å²) in [5.74, 6) is 0.778. The fourth-order valence-corrected chi connectivity index (χ4v) is 2.79. The molecule has 17 heavy (non-hydrogen) atoms. The number of rotatable bonds is 4. The Morgan fingerprint density at radius 2 is 1.94 bits per heavy atom. The third kappa shape index (κ3) is 2.61. The van der Waals surface area contributed by atoms with Gasteiger partial charge in [0.2, 0.25) is 0 Å². The average Bonchev–Trinajstić information content (AvgIpc) is 2.33. The zero-order valence-electron chi connectivity index (χ0n) is 9.26. The summed E-state index contributed by atoms with van der Waals surface area (Å²) in [6, 6.07) is 7.23. The van der Waals surface area contributed by atoms with Gasteiger partial charge in [0.05, 0.1) is 5.39 Å². The van der Waals surface area contributed by atoms with E-state index < -0.39 is 0 Å². The summed E-state index contributed by atoms with van der Waals surface area (Å²) in [7, 11) is 0. The van der Waals surface area contributed by atoms with Gasteiger partial charge in [-0.25, -0.2) is 0 Å². The molecule has 0 saturated carbocycles. The molecular formula is C12H13NO2S2. The van der Waals surface area contributed by atoms with Crippen LogP contribution >= 0.6 is 24.0 Å². The van der Waals surface area contributed by atoms with E-state index in [4.69, 9.17) is 0 Å². The molecule has 0 aliphatic heterocycles. The van der Waals surface area contributed by atoms with Crippen molar-refractivity contribution in [2.24, 2.45) is 0 Å². The van der Waals surface area contributed by atoms with Gasteiger partial charge in [0, 0.05) is 11.2 Å². The molecule has 0 spiro atoms. The van der Waals surface area contributed by atoms with Crippen LogP contribution in [0.25, 0.3) is 10.1 Å². The number of fused-ring (bicyclic) bond motifs is 1. The van der Waals surface area contributed by atoms with Crippen LogP contribution in [0.1, 0.15) is 12.8 Å². The molecule has 1 aromatic carbocycles. The van der Waals surface area contributed by atoms with Crippen molar-refractivity contribution < 1.29 is 0 Å². The van der Waals surface area contributed by atoms with Crippen LogP contribution in [0.5, 0.6) is 0 Å². The summed E-state index contributed by atoms with van der Waals surface area (Å²) >= 11 is 5.24. The van der Waals surface area contributed by atoms with E-state index in [9.17, 15) is 9.59 Å². The SMILES string of the molecule is O=c1sc2ccccc2c(=O)n1CCCCS. The normalized spacial score (nSPS) is 10.9. The van der Waals surface area contributed by atoms with Crippen LogP contribution < -0.4 is 10.4 Å². The summed E-state index contributed by atoms with van der Waals surface area (Å²) in [6.45, 7) is 0.486. The second-order valence-corrected chi connectivity index (χ2v) is 5.19. The molecule has 0 N–H and O–H groups in total. The minimum Gasteiger partial charge on any atom is -0.269 e. The van der Waals surface area contributed by atoms with Crippen LogP contribution in [0, 0.1) is 0 Å². The van der Waals surface area contributed by atoms with E-state index >= 15 is 0 Å². The van der Waals surface area contributed by atoms with Crippen molar-refractivity contribution in [3.63, 3.8) is 0 Å². The van der Waals surface area contributed by atoms with E-state index in [1.54, 1.807) is 12.1 Å². The molecule has 0 aliphatic carbocycles. The van der Waals surface area contributed by atoms with Gasteiger partial charge < -0.3 is 0 Å². The summed E-state index contributed by atoms with van der Waals surface area (Å²) < 4.78 is 2.09. The maximum atomic E-state index is 12.1. The van der Waals surface area contributed by atoms with Crippen LogP contribution in [0.3, 0.4) is 0 Å². The molecule has 90 valence electrons. The lowest BCUT2D eigenvalue weighted by molar-refractivity contribution is 0.611. The molecule has 0 atom stereocenters. The molecule has 0 fully saturated rings. The second kappa shape index (κ2) is 5.51. The molecule has 1 aromatic heterocycles. The van der Waals surface area contributed by atoms with Crippen LogP contribution in [0.2, 0.25) is 0 Å². The summed E-state index contributed by atoms with van der Waals surface area (Å²) in [5, 5.41) is 0.628. The zero-order valence-corrected chi connectivity index (χ0v) is 11.0. The highest BCUT2D eigenvalue weighted by atomic mass is 32.1. The Morgan fingerprint density at radius 3 is 2.71 bits per heavy atom.